The van der Waals surface area contributed by atoms with Gasteiger partial charge in [0.15, 0.2) is 0 Å². The van der Waals surface area contributed by atoms with Gasteiger partial charge in [-0.25, -0.2) is 4.90 Å². The molecule has 2 aromatic rings. The van der Waals surface area contributed by atoms with Crippen LogP contribution in [0.3, 0.4) is 0 Å². The summed E-state index contributed by atoms with van der Waals surface area (Å²) in [7, 11) is 0. The van der Waals surface area contributed by atoms with Crippen LogP contribution < -0.4 is 4.90 Å². The number of benzene rings is 1. The van der Waals surface area contributed by atoms with Gasteiger partial charge in [-0.3, -0.25) is 14.6 Å². The van der Waals surface area contributed by atoms with Crippen molar-refractivity contribution in [2.75, 3.05) is 4.90 Å². The Balaban J connectivity index is 1.92. The number of nitrogens with zero attached hydrogens (tertiary/aromatic N) is 2. The van der Waals surface area contributed by atoms with Crippen molar-refractivity contribution in [2.24, 2.45) is 0 Å². The number of hydrogen-bond acceptors (Lipinski definition) is 5. The van der Waals surface area contributed by atoms with E-state index in [0.717, 1.165) is 22.2 Å². The molecule has 5 nitrogen and oxygen atoms in total. The Hall–Kier alpha value is -2.60. The Labute approximate surface area is 124 Å². The maximum absolute atomic E-state index is 12.3. The highest BCUT2D eigenvalue weighted by Crippen LogP contribution is 2.35. The van der Waals surface area contributed by atoms with Crippen LogP contribution >= 0.6 is 11.8 Å². The summed E-state index contributed by atoms with van der Waals surface area (Å²) in [6, 6.07) is 9.45. The predicted molar refractivity (Wildman–Crippen MR) is 80.8 cm³/mol. The number of hydrogen-bond donors (Lipinski definition) is 1. The first-order valence-electron chi connectivity index (χ1n) is 6.12. The normalized spacial score (nSPS) is 16.8. The fraction of sp³-hybridized carbons (Fsp3) is 0. The number of carbonyl (C=O) groups is 2. The summed E-state index contributed by atoms with van der Waals surface area (Å²) in [6.07, 6.45) is 4.90. The number of aromatic nitrogens is 1. The molecule has 0 bridgehead atoms. The maximum Gasteiger partial charge on any atom is 0.298 e. The average Bonchev–Trinajstić information content (AvgIpc) is 2.76. The predicted octanol–water partition coefficient (Wildman–Crippen LogP) is 3.03. The SMILES string of the molecule is O=C1S/C(=C\c2ccncc2)C(=O)N1c1ccc(O)cc1. The van der Waals surface area contributed by atoms with Crippen LogP contribution in [0.2, 0.25) is 0 Å². The molecular formula is C15H10N2O3S. The first kappa shape index (κ1) is 13.4. The number of thioether (sulfide) groups is 1. The van der Waals surface area contributed by atoms with Gasteiger partial charge in [0.25, 0.3) is 11.1 Å². The minimum absolute atomic E-state index is 0.0815. The second-order valence-electron chi connectivity index (χ2n) is 4.31. The van der Waals surface area contributed by atoms with Crippen LogP contribution in [0.1, 0.15) is 5.56 Å². The van der Waals surface area contributed by atoms with E-state index in [1.807, 2.05) is 0 Å². The summed E-state index contributed by atoms with van der Waals surface area (Å²) in [5.41, 5.74) is 1.25. The highest BCUT2D eigenvalue weighted by atomic mass is 32.2. The van der Waals surface area contributed by atoms with E-state index in [-0.39, 0.29) is 16.9 Å². The lowest BCUT2D eigenvalue weighted by Gasteiger charge is -2.12. The summed E-state index contributed by atoms with van der Waals surface area (Å²) in [5.74, 6) is -0.287. The van der Waals surface area contributed by atoms with E-state index in [1.165, 1.54) is 24.3 Å². The molecule has 1 aromatic heterocycles. The van der Waals surface area contributed by atoms with Crippen molar-refractivity contribution in [1.29, 1.82) is 0 Å². The van der Waals surface area contributed by atoms with E-state index >= 15 is 0 Å². The molecule has 0 saturated carbocycles. The Bertz CT molecular complexity index is 726. The zero-order valence-electron chi connectivity index (χ0n) is 10.8. The number of anilines is 1. The summed E-state index contributed by atoms with van der Waals surface area (Å²) >= 11 is 0.891. The average molecular weight is 298 g/mol. The highest BCUT2D eigenvalue weighted by molar-refractivity contribution is 8.19. The van der Waals surface area contributed by atoms with Gasteiger partial charge in [0.05, 0.1) is 10.6 Å². The van der Waals surface area contributed by atoms with Crippen molar-refractivity contribution in [3.8, 4) is 5.75 Å². The number of imide groups is 1. The number of rotatable bonds is 2. The van der Waals surface area contributed by atoms with Crippen molar-refractivity contribution in [1.82, 2.24) is 4.98 Å². The van der Waals surface area contributed by atoms with Gasteiger partial charge in [0.1, 0.15) is 5.75 Å². The highest BCUT2D eigenvalue weighted by Gasteiger charge is 2.36. The molecule has 1 aromatic carbocycles. The van der Waals surface area contributed by atoms with Gasteiger partial charge in [-0.15, -0.1) is 0 Å². The van der Waals surface area contributed by atoms with Crippen molar-refractivity contribution >= 4 is 34.7 Å². The van der Waals surface area contributed by atoms with Gasteiger partial charge in [-0.1, -0.05) is 0 Å². The van der Waals surface area contributed by atoms with Crippen LogP contribution in [0, 0.1) is 0 Å². The number of carbonyl (C=O) groups excluding carboxylic acids is 2. The van der Waals surface area contributed by atoms with E-state index in [1.54, 1.807) is 30.6 Å². The van der Waals surface area contributed by atoms with Gasteiger partial charge in [0.2, 0.25) is 0 Å². The Kier molecular flexibility index (Phi) is 3.45. The maximum atomic E-state index is 12.3. The number of amides is 2. The molecule has 2 amide bonds. The first-order valence-corrected chi connectivity index (χ1v) is 6.94. The van der Waals surface area contributed by atoms with Crippen LogP contribution in [0.25, 0.3) is 6.08 Å². The molecule has 0 atom stereocenters. The Morgan fingerprint density at radius 3 is 2.38 bits per heavy atom. The van der Waals surface area contributed by atoms with E-state index < -0.39 is 0 Å². The molecule has 3 rings (SSSR count). The lowest BCUT2D eigenvalue weighted by molar-refractivity contribution is -0.113. The molecule has 104 valence electrons. The first-order chi connectivity index (χ1) is 10.1. The molecule has 0 unspecified atom stereocenters. The van der Waals surface area contributed by atoms with Gasteiger partial charge in [-0.05, 0) is 59.8 Å². The van der Waals surface area contributed by atoms with E-state index in [4.69, 9.17) is 0 Å². The van der Waals surface area contributed by atoms with Crippen LogP contribution in [0.5, 0.6) is 5.75 Å². The largest absolute Gasteiger partial charge is 0.508 e. The monoisotopic (exact) mass is 298 g/mol. The summed E-state index contributed by atoms with van der Waals surface area (Å²) in [5, 5.41) is 8.91. The third kappa shape index (κ3) is 2.66. The number of pyridine rings is 1. The standard InChI is InChI=1S/C15H10N2O3S/c18-12-3-1-11(2-4-12)17-14(19)13(21-15(17)20)9-10-5-7-16-8-6-10/h1-9,18H/b13-9-. The Morgan fingerprint density at radius 1 is 1.05 bits per heavy atom. The second kappa shape index (κ2) is 5.41. The molecule has 6 heteroatoms. The molecule has 1 saturated heterocycles. The van der Waals surface area contributed by atoms with Gasteiger partial charge in [0, 0.05) is 12.4 Å². The van der Waals surface area contributed by atoms with Crippen molar-refractivity contribution in [3.05, 3.63) is 59.3 Å². The van der Waals surface area contributed by atoms with Crippen LogP contribution in [-0.4, -0.2) is 21.2 Å². The number of phenolic OH excluding ortho intramolecular Hbond substituents is 1. The topological polar surface area (TPSA) is 70.5 Å². The molecule has 1 N–H and O–H groups in total. The summed E-state index contributed by atoms with van der Waals surface area (Å²) in [4.78, 5) is 29.7. The number of phenols is 1. The summed E-state index contributed by atoms with van der Waals surface area (Å²) in [6.45, 7) is 0. The van der Waals surface area contributed by atoms with Gasteiger partial charge >= 0.3 is 0 Å². The fourth-order valence-electron chi connectivity index (χ4n) is 1.90. The van der Waals surface area contributed by atoms with Crippen molar-refractivity contribution in [3.63, 3.8) is 0 Å². The van der Waals surface area contributed by atoms with Crippen LogP contribution in [0.15, 0.2) is 53.7 Å². The molecule has 0 radical (unpaired) electrons. The summed E-state index contributed by atoms with van der Waals surface area (Å²) < 4.78 is 0. The Morgan fingerprint density at radius 2 is 1.71 bits per heavy atom. The van der Waals surface area contributed by atoms with Crippen LogP contribution in [0.4, 0.5) is 10.5 Å². The minimum Gasteiger partial charge on any atom is -0.508 e. The van der Waals surface area contributed by atoms with Gasteiger partial charge in [-0.2, -0.15) is 0 Å². The minimum atomic E-state index is -0.368. The van der Waals surface area contributed by atoms with Crippen LogP contribution in [-0.2, 0) is 4.79 Å². The van der Waals surface area contributed by atoms with E-state index in [0.29, 0.717) is 10.6 Å². The zero-order chi connectivity index (χ0) is 14.8. The molecule has 1 fully saturated rings. The molecule has 2 heterocycles. The quantitative estimate of drug-likeness (QED) is 0.863. The molecule has 0 spiro atoms. The zero-order valence-corrected chi connectivity index (χ0v) is 11.6. The third-order valence-corrected chi connectivity index (χ3v) is 3.78. The van der Waals surface area contributed by atoms with E-state index in [2.05, 4.69) is 4.98 Å². The second-order valence-corrected chi connectivity index (χ2v) is 5.31. The smallest absolute Gasteiger partial charge is 0.298 e. The van der Waals surface area contributed by atoms with E-state index in [9.17, 15) is 14.7 Å². The van der Waals surface area contributed by atoms with Gasteiger partial charge < -0.3 is 5.11 Å². The number of aromatic hydroxyl groups is 1. The lowest BCUT2D eigenvalue weighted by atomic mass is 10.2. The third-order valence-electron chi connectivity index (χ3n) is 2.91. The van der Waals surface area contributed by atoms with Crippen molar-refractivity contribution in [2.45, 2.75) is 0 Å². The van der Waals surface area contributed by atoms with Crippen molar-refractivity contribution < 1.29 is 14.7 Å². The molecular weight excluding hydrogens is 288 g/mol. The molecule has 0 aliphatic carbocycles. The molecule has 1 aliphatic heterocycles. The molecule has 1 aliphatic rings. The molecule has 21 heavy (non-hydrogen) atoms. The fourth-order valence-corrected chi connectivity index (χ4v) is 2.74. The lowest BCUT2D eigenvalue weighted by Crippen LogP contribution is -2.27.